The Bertz CT molecular complexity index is 379. The first kappa shape index (κ1) is 16.1. The fourth-order valence-corrected chi connectivity index (χ4v) is 2.39. The summed E-state index contributed by atoms with van der Waals surface area (Å²) in [6.45, 7) is 4.27. The molecule has 0 heterocycles. The molecule has 0 aliphatic carbocycles. The summed E-state index contributed by atoms with van der Waals surface area (Å²) in [7, 11) is 0. The topological polar surface area (TPSA) is 20.2 Å². The van der Waals surface area contributed by atoms with Gasteiger partial charge in [-0.1, -0.05) is 45.6 Å². The first-order valence-corrected chi connectivity index (χ1v) is 7.18. The van der Waals surface area contributed by atoms with Crippen molar-refractivity contribution < 1.29 is 13.9 Å². The number of benzene rings is 1. The zero-order valence-electron chi connectivity index (χ0n) is 11.8. The molecular weight excluding hydrogens is 246 g/mol. The van der Waals surface area contributed by atoms with E-state index in [0.29, 0.717) is 17.9 Å². The second-order valence-electron chi connectivity index (χ2n) is 5.25. The van der Waals surface area contributed by atoms with Crippen LogP contribution in [0.15, 0.2) is 18.2 Å². The highest BCUT2D eigenvalue weighted by Gasteiger charge is 2.15. The molecule has 1 aromatic carbocycles. The third-order valence-corrected chi connectivity index (χ3v) is 3.62. The molecule has 0 aromatic heterocycles. The molecule has 0 aliphatic rings. The van der Waals surface area contributed by atoms with E-state index in [4.69, 9.17) is 0 Å². The lowest BCUT2D eigenvalue weighted by atomic mass is 9.91. The Kier molecular flexibility index (Phi) is 7.00. The van der Waals surface area contributed by atoms with E-state index in [2.05, 4.69) is 13.8 Å². The van der Waals surface area contributed by atoms with Crippen molar-refractivity contribution in [1.29, 1.82) is 0 Å². The van der Waals surface area contributed by atoms with Crippen LogP contribution in [-0.4, -0.2) is 11.2 Å². The maximum atomic E-state index is 13.5. The molecule has 19 heavy (non-hydrogen) atoms. The molecule has 0 saturated heterocycles. The van der Waals surface area contributed by atoms with Crippen molar-refractivity contribution in [2.75, 3.05) is 0 Å². The smallest absolute Gasteiger partial charge is 0.129 e. The van der Waals surface area contributed by atoms with E-state index in [0.717, 1.165) is 31.7 Å². The van der Waals surface area contributed by atoms with E-state index >= 15 is 0 Å². The minimum absolute atomic E-state index is 0.259. The Morgan fingerprint density at radius 2 is 1.95 bits per heavy atom. The molecule has 0 radical (unpaired) electrons. The Labute approximate surface area is 114 Å². The molecule has 1 aromatic rings. The Hall–Kier alpha value is -0.960. The number of rotatable bonds is 8. The van der Waals surface area contributed by atoms with Gasteiger partial charge in [0.15, 0.2) is 0 Å². The largest absolute Gasteiger partial charge is 0.393 e. The van der Waals surface area contributed by atoms with Gasteiger partial charge in [0.1, 0.15) is 11.6 Å². The molecule has 3 heteroatoms. The van der Waals surface area contributed by atoms with Crippen LogP contribution < -0.4 is 0 Å². The molecular formula is C16H24F2O. The molecule has 2 atom stereocenters. The van der Waals surface area contributed by atoms with Crippen LogP contribution >= 0.6 is 0 Å². The normalized spacial score (nSPS) is 14.4. The number of halogens is 2. The Morgan fingerprint density at radius 3 is 2.53 bits per heavy atom. The number of unbranched alkanes of at least 4 members (excludes halogenated alkanes) is 1. The average Bonchev–Trinajstić information content (AvgIpc) is 2.38. The molecule has 1 N–H and O–H groups in total. The maximum absolute atomic E-state index is 13.5. The molecule has 2 unspecified atom stereocenters. The summed E-state index contributed by atoms with van der Waals surface area (Å²) in [5, 5.41) is 10.0. The molecule has 0 amide bonds. The van der Waals surface area contributed by atoms with E-state index in [9.17, 15) is 13.9 Å². The molecule has 0 saturated carbocycles. The van der Waals surface area contributed by atoms with Gasteiger partial charge in [0.05, 0.1) is 6.10 Å². The van der Waals surface area contributed by atoms with Gasteiger partial charge in [-0.25, -0.2) is 8.78 Å². The van der Waals surface area contributed by atoms with Crippen LogP contribution in [0.5, 0.6) is 0 Å². The van der Waals surface area contributed by atoms with Crippen LogP contribution in [0.25, 0.3) is 0 Å². The van der Waals surface area contributed by atoms with Gasteiger partial charge in [-0.05, 0) is 24.0 Å². The van der Waals surface area contributed by atoms with Crippen LogP contribution in [-0.2, 0) is 6.42 Å². The zero-order chi connectivity index (χ0) is 14.3. The van der Waals surface area contributed by atoms with Gasteiger partial charge in [0.2, 0.25) is 0 Å². The Balaban J connectivity index is 2.51. The van der Waals surface area contributed by atoms with Crippen LogP contribution in [0.1, 0.15) is 51.5 Å². The van der Waals surface area contributed by atoms with Crippen molar-refractivity contribution in [3.63, 3.8) is 0 Å². The molecule has 1 nitrogen and oxygen atoms in total. The highest BCUT2D eigenvalue weighted by molar-refractivity contribution is 5.19. The summed E-state index contributed by atoms with van der Waals surface area (Å²) in [5.74, 6) is -0.663. The summed E-state index contributed by atoms with van der Waals surface area (Å²) >= 11 is 0. The van der Waals surface area contributed by atoms with E-state index in [1.165, 1.54) is 12.1 Å². The molecule has 0 bridgehead atoms. The summed E-state index contributed by atoms with van der Waals surface area (Å²) in [6.07, 6.45) is 4.85. The predicted molar refractivity (Wildman–Crippen MR) is 74.0 cm³/mol. The van der Waals surface area contributed by atoms with Crippen LogP contribution in [0.4, 0.5) is 8.78 Å². The van der Waals surface area contributed by atoms with Gasteiger partial charge in [-0.2, -0.15) is 0 Å². The third-order valence-electron chi connectivity index (χ3n) is 3.62. The Morgan fingerprint density at radius 1 is 1.21 bits per heavy atom. The first-order valence-electron chi connectivity index (χ1n) is 7.18. The van der Waals surface area contributed by atoms with Crippen molar-refractivity contribution in [3.05, 3.63) is 35.4 Å². The minimum atomic E-state index is -0.579. The summed E-state index contributed by atoms with van der Waals surface area (Å²) in [6, 6.07) is 3.52. The molecule has 0 aliphatic heterocycles. The van der Waals surface area contributed by atoms with Crippen molar-refractivity contribution in [2.24, 2.45) is 5.92 Å². The van der Waals surface area contributed by atoms with E-state index in [1.54, 1.807) is 0 Å². The monoisotopic (exact) mass is 270 g/mol. The van der Waals surface area contributed by atoms with Gasteiger partial charge in [0, 0.05) is 12.5 Å². The molecule has 108 valence electrons. The highest BCUT2D eigenvalue weighted by Crippen LogP contribution is 2.21. The lowest BCUT2D eigenvalue weighted by Gasteiger charge is -2.19. The number of hydrogen-bond donors (Lipinski definition) is 1. The van der Waals surface area contributed by atoms with Gasteiger partial charge in [-0.15, -0.1) is 0 Å². The summed E-state index contributed by atoms with van der Waals surface area (Å²) in [5.41, 5.74) is 0.388. The number of aliphatic hydroxyl groups excluding tert-OH is 1. The number of aliphatic hydroxyl groups is 1. The fourth-order valence-electron chi connectivity index (χ4n) is 2.39. The predicted octanol–water partition coefficient (Wildman–Crippen LogP) is 4.47. The molecule has 0 fully saturated rings. The lowest BCUT2D eigenvalue weighted by Crippen LogP contribution is -2.17. The summed E-state index contributed by atoms with van der Waals surface area (Å²) in [4.78, 5) is 0. The fraction of sp³-hybridized carbons (Fsp3) is 0.625. The van der Waals surface area contributed by atoms with Crippen molar-refractivity contribution in [3.8, 4) is 0 Å². The summed E-state index contributed by atoms with van der Waals surface area (Å²) < 4.78 is 26.3. The van der Waals surface area contributed by atoms with E-state index < -0.39 is 17.7 Å². The highest BCUT2D eigenvalue weighted by atomic mass is 19.1. The van der Waals surface area contributed by atoms with Gasteiger partial charge >= 0.3 is 0 Å². The zero-order valence-corrected chi connectivity index (χ0v) is 11.8. The van der Waals surface area contributed by atoms with Crippen LogP contribution in [0.2, 0.25) is 0 Å². The van der Waals surface area contributed by atoms with Gasteiger partial charge in [-0.3, -0.25) is 0 Å². The molecule has 0 spiro atoms. The SMILES string of the molecule is CCCCC(CC)CC(O)Cc1ccc(F)cc1F. The van der Waals surface area contributed by atoms with Crippen LogP contribution in [0.3, 0.4) is 0 Å². The van der Waals surface area contributed by atoms with Crippen molar-refractivity contribution in [1.82, 2.24) is 0 Å². The number of hydrogen-bond acceptors (Lipinski definition) is 1. The minimum Gasteiger partial charge on any atom is -0.393 e. The quantitative estimate of drug-likeness (QED) is 0.738. The second-order valence-corrected chi connectivity index (χ2v) is 5.25. The maximum Gasteiger partial charge on any atom is 0.129 e. The lowest BCUT2D eigenvalue weighted by molar-refractivity contribution is 0.136. The van der Waals surface area contributed by atoms with Crippen LogP contribution in [0, 0.1) is 17.6 Å². The van der Waals surface area contributed by atoms with E-state index in [1.807, 2.05) is 0 Å². The molecule has 1 rings (SSSR count). The van der Waals surface area contributed by atoms with Crippen molar-refractivity contribution >= 4 is 0 Å². The second kappa shape index (κ2) is 8.26. The third kappa shape index (κ3) is 5.68. The van der Waals surface area contributed by atoms with Gasteiger partial charge < -0.3 is 5.11 Å². The van der Waals surface area contributed by atoms with Gasteiger partial charge in [0.25, 0.3) is 0 Å². The average molecular weight is 270 g/mol. The standard InChI is InChI=1S/C16H24F2O/c1-3-5-6-12(4-2)9-15(19)10-13-7-8-14(17)11-16(13)18/h7-8,11-12,15,19H,3-6,9-10H2,1-2H3. The van der Waals surface area contributed by atoms with E-state index in [-0.39, 0.29) is 6.42 Å². The van der Waals surface area contributed by atoms with Crippen molar-refractivity contribution in [2.45, 2.75) is 58.5 Å². The first-order chi connectivity index (χ1) is 9.06.